The highest BCUT2D eigenvalue weighted by atomic mass is 16.5. The lowest BCUT2D eigenvalue weighted by Crippen LogP contribution is -2.24. The minimum atomic E-state index is -0.193. The van der Waals surface area contributed by atoms with Crippen molar-refractivity contribution in [2.45, 2.75) is 12.8 Å². The fourth-order valence-electron chi connectivity index (χ4n) is 1.68. The van der Waals surface area contributed by atoms with Crippen molar-refractivity contribution >= 4 is 5.97 Å². The molecule has 1 aliphatic heterocycles. The van der Waals surface area contributed by atoms with Crippen LogP contribution in [-0.4, -0.2) is 19.1 Å². The third-order valence-electron chi connectivity index (χ3n) is 2.45. The largest absolute Gasteiger partial charge is 0.426 e. The molecule has 0 aliphatic carbocycles. The molecule has 3 nitrogen and oxygen atoms in total. The molecule has 0 unspecified atom stereocenters. The van der Waals surface area contributed by atoms with Crippen LogP contribution in [0.15, 0.2) is 42.0 Å². The molecule has 1 heterocycles. The normalized spacial score (nSPS) is 15.4. The van der Waals surface area contributed by atoms with Crippen LogP contribution >= 0.6 is 0 Å². The van der Waals surface area contributed by atoms with Crippen molar-refractivity contribution in [1.82, 2.24) is 5.32 Å². The molecule has 16 heavy (non-hydrogen) atoms. The van der Waals surface area contributed by atoms with Crippen LogP contribution in [0, 0.1) is 0 Å². The molecule has 1 aliphatic rings. The van der Waals surface area contributed by atoms with E-state index >= 15 is 0 Å². The van der Waals surface area contributed by atoms with Gasteiger partial charge in [-0.1, -0.05) is 24.3 Å². The Morgan fingerprint density at radius 3 is 2.81 bits per heavy atom. The maximum absolute atomic E-state index is 11.6. The number of nitrogens with one attached hydrogen (secondary N) is 1. The predicted molar refractivity (Wildman–Crippen MR) is 62.3 cm³/mol. The fourth-order valence-corrected chi connectivity index (χ4v) is 1.68. The third kappa shape index (κ3) is 3.21. The zero-order valence-electron chi connectivity index (χ0n) is 9.11. The summed E-state index contributed by atoms with van der Waals surface area (Å²) in [5.41, 5.74) is 1.12. The average molecular weight is 217 g/mol. The topological polar surface area (TPSA) is 38.3 Å². The zero-order chi connectivity index (χ0) is 11.2. The van der Waals surface area contributed by atoms with E-state index in [0.717, 1.165) is 25.1 Å². The monoisotopic (exact) mass is 217 g/mol. The molecule has 0 radical (unpaired) electrons. The highest BCUT2D eigenvalue weighted by molar-refractivity contribution is 5.75. The first-order valence-corrected chi connectivity index (χ1v) is 5.49. The van der Waals surface area contributed by atoms with Gasteiger partial charge < -0.3 is 10.1 Å². The Kier molecular flexibility index (Phi) is 3.72. The van der Waals surface area contributed by atoms with E-state index in [9.17, 15) is 4.79 Å². The van der Waals surface area contributed by atoms with E-state index in [4.69, 9.17) is 4.74 Å². The standard InChI is InChI=1S/C13H15NO2/c15-13(9-11-5-4-8-14-10-11)16-12-6-2-1-3-7-12/h1-3,5-7,14H,4,8-10H2. The molecular formula is C13H15NO2. The maximum Gasteiger partial charge on any atom is 0.315 e. The summed E-state index contributed by atoms with van der Waals surface area (Å²) in [6.07, 6.45) is 3.48. The van der Waals surface area contributed by atoms with Crippen LogP contribution in [0.1, 0.15) is 12.8 Å². The summed E-state index contributed by atoms with van der Waals surface area (Å²) < 4.78 is 5.21. The SMILES string of the molecule is O=C(CC1=CCCNC1)Oc1ccccc1. The number of carbonyl (C=O) groups excluding carboxylic acids is 1. The molecule has 84 valence electrons. The van der Waals surface area contributed by atoms with Crippen molar-refractivity contribution in [2.75, 3.05) is 13.1 Å². The molecular weight excluding hydrogens is 202 g/mol. The number of esters is 1. The Bertz CT molecular complexity index is 384. The van der Waals surface area contributed by atoms with Gasteiger partial charge in [-0.3, -0.25) is 4.79 Å². The molecule has 1 aromatic rings. The number of hydrogen-bond donors (Lipinski definition) is 1. The van der Waals surface area contributed by atoms with Gasteiger partial charge in [0.05, 0.1) is 6.42 Å². The third-order valence-corrected chi connectivity index (χ3v) is 2.45. The van der Waals surface area contributed by atoms with Crippen molar-refractivity contribution < 1.29 is 9.53 Å². The molecule has 0 spiro atoms. The molecule has 0 amide bonds. The first-order valence-electron chi connectivity index (χ1n) is 5.49. The van der Waals surface area contributed by atoms with Gasteiger partial charge in [-0.2, -0.15) is 0 Å². The number of carbonyl (C=O) groups is 1. The van der Waals surface area contributed by atoms with Crippen molar-refractivity contribution in [3.8, 4) is 5.75 Å². The van der Waals surface area contributed by atoms with E-state index in [-0.39, 0.29) is 5.97 Å². The van der Waals surface area contributed by atoms with E-state index in [2.05, 4.69) is 11.4 Å². The Hall–Kier alpha value is -1.61. The van der Waals surface area contributed by atoms with Crippen LogP contribution in [-0.2, 0) is 4.79 Å². The van der Waals surface area contributed by atoms with Crippen molar-refractivity contribution in [2.24, 2.45) is 0 Å². The summed E-state index contributed by atoms with van der Waals surface area (Å²) in [7, 11) is 0. The van der Waals surface area contributed by atoms with E-state index in [1.807, 2.05) is 18.2 Å². The second-order valence-electron chi connectivity index (χ2n) is 3.79. The maximum atomic E-state index is 11.6. The Labute approximate surface area is 95.1 Å². The first-order chi connectivity index (χ1) is 7.84. The molecule has 0 atom stereocenters. The van der Waals surface area contributed by atoms with Gasteiger partial charge in [-0.05, 0) is 30.7 Å². The van der Waals surface area contributed by atoms with Gasteiger partial charge in [-0.15, -0.1) is 0 Å². The molecule has 2 rings (SSSR count). The number of hydrogen-bond acceptors (Lipinski definition) is 3. The minimum Gasteiger partial charge on any atom is -0.426 e. The second-order valence-corrected chi connectivity index (χ2v) is 3.79. The Morgan fingerprint density at radius 1 is 1.31 bits per heavy atom. The van der Waals surface area contributed by atoms with Gasteiger partial charge >= 0.3 is 5.97 Å². The zero-order valence-corrected chi connectivity index (χ0v) is 9.11. The molecule has 0 fully saturated rings. The van der Waals surface area contributed by atoms with Gasteiger partial charge in [0.25, 0.3) is 0 Å². The fraction of sp³-hybridized carbons (Fsp3) is 0.308. The molecule has 3 heteroatoms. The lowest BCUT2D eigenvalue weighted by molar-refractivity contribution is -0.133. The number of benzene rings is 1. The van der Waals surface area contributed by atoms with E-state index in [0.29, 0.717) is 12.2 Å². The number of ether oxygens (including phenoxy) is 1. The highest BCUT2D eigenvalue weighted by Crippen LogP contribution is 2.12. The van der Waals surface area contributed by atoms with Crippen LogP contribution in [0.2, 0.25) is 0 Å². The van der Waals surface area contributed by atoms with Crippen LogP contribution in [0.5, 0.6) is 5.75 Å². The van der Waals surface area contributed by atoms with E-state index < -0.39 is 0 Å². The second kappa shape index (κ2) is 5.47. The average Bonchev–Trinajstić information content (AvgIpc) is 2.31. The molecule has 0 bridgehead atoms. The Morgan fingerprint density at radius 2 is 2.12 bits per heavy atom. The predicted octanol–water partition coefficient (Wildman–Crippen LogP) is 1.90. The number of rotatable bonds is 3. The summed E-state index contributed by atoms with van der Waals surface area (Å²) >= 11 is 0. The lowest BCUT2D eigenvalue weighted by Gasteiger charge is -2.13. The summed E-state index contributed by atoms with van der Waals surface area (Å²) in [4.78, 5) is 11.6. The summed E-state index contributed by atoms with van der Waals surface area (Å²) in [6.45, 7) is 1.79. The van der Waals surface area contributed by atoms with Crippen LogP contribution in [0.4, 0.5) is 0 Å². The van der Waals surface area contributed by atoms with Crippen LogP contribution in [0.3, 0.4) is 0 Å². The lowest BCUT2D eigenvalue weighted by atomic mass is 10.1. The van der Waals surface area contributed by atoms with Crippen molar-refractivity contribution in [3.63, 3.8) is 0 Å². The van der Waals surface area contributed by atoms with Gasteiger partial charge in [0, 0.05) is 6.54 Å². The quantitative estimate of drug-likeness (QED) is 0.477. The minimum absolute atomic E-state index is 0.193. The van der Waals surface area contributed by atoms with Crippen molar-refractivity contribution in [1.29, 1.82) is 0 Å². The van der Waals surface area contributed by atoms with Crippen LogP contribution < -0.4 is 10.1 Å². The summed E-state index contributed by atoms with van der Waals surface area (Å²) in [5.74, 6) is 0.415. The van der Waals surface area contributed by atoms with Gasteiger partial charge in [0.1, 0.15) is 5.75 Å². The summed E-state index contributed by atoms with van der Waals surface area (Å²) in [5, 5.41) is 3.23. The molecule has 1 N–H and O–H groups in total. The molecule has 1 aromatic carbocycles. The first kappa shape index (κ1) is 10.9. The molecule has 0 saturated heterocycles. The smallest absolute Gasteiger partial charge is 0.315 e. The summed E-state index contributed by atoms with van der Waals surface area (Å²) in [6, 6.07) is 9.16. The van der Waals surface area contributed by atoms with E-state index in [1.165, 1.54) is 0 Å². The Balaban J connectivity index is 1.87. The molecule has 0 aromatic heterocycles. The van der Waals surface area contributed by atoms with Gasteiger partial charge in [0.15, 0.2) is 0 Å². The van der Waals surface area contributed by atoms with Crippen LogP contribution in [0.25, 0.3) is 0 Å². The van der Waals surface area contributed by atoms with Crippen molar-refractivity contribution in [3.05, 3.63) is 42.0 Å². The highest BCUT2D eigenvalue weighted by Gasteiger charge is 2.10. The van der Waals surface area contributed by atoms with Gasteiger partial charge in [-0.25, -0.2) is 0 Å². The van der Waals surface area contributed by atoms with E-state index in [1.54, 1.807) is 12.1 Å². The molecule has 0 saturated carbocycles. The number of para-hydroxylation sites is 1. The van der Waals surface area contributed by atoms with Gasteiger partial charge in [0.2, 0.25) is 0 Å².